The Morgan fingerprint density at radius 1 is 1.00 bits per heavy atom. The second-order valence-corrected chi connectivity index (χ2v) is 10.1. The molecule has 0 unspecified atom stereocenters. The predicted octanol–water partition coefficient (Wildman–Crippen LogP) is 4.66. The van der Waals surface area contributed by atoms with Crippen LogP contribution in [-0.2, 0) is 16.4 Å². The highest BCUT2D eigenvalue weighted by Gasteiger charge is 2.30. The number of sulfone groups is 1. The van der Waals surface area contributed by atoms with E-state index in [2.05, 4.69) is 18.8 Å². The van der Waals surface area contributed by atoms with Crippen LogP contribution >= 0.6 is 0 Å². The van der Waals surface area contributed by atoms with E-state index in [1.165, 1.54) is 0 Å². The minimum absolute atomic E-state index is 0.0442. The summed E-state index contributed by atoms with van der Waals surface area (Å²) >= 11 is 0. The highest BCUT2D eigenvalue weighted by atomic mass is 32.2. The molecule has 6 nitrogen and oxygen atoms in total. The van der Waals surface area contributed by atoms with Gasteiger partial charge in [0.2, 0.25) is 9.84 Å². The van der Waals surface area contributed by atoms with Crippen molar-refractivity contribution in [2.24, 2.45) is 5.92 Å². The van der Waals surface area contributed by atoms with Crippen LogP contribution in [-0.4, -0.2) is 23.0 Å². The van der Waals surface area contributed by atoms with Crippen molar-refractivity contribution in [1.82, 2.24) is 14.5 Å². The third-order valence-electron chi connectivity index (χ3n) is 5.53. The zero-order valence-electron chi connectivity index (χ0n) is 17.7. The lowest BCUT2D eigenvalue weighted by Crippen LogP contribution is -2.09. The second-order valence-electron chi connectivity index (χ2n) is 8.18. The van der Waals surface area contributed by atoms with E-state index < -0.39 is 9.84 Å². The maximum Gasteiger partial charge on any atom is 0.212 e. The molecule has 4 rings (SSSR count). The predicted molar refractivity (Wildman–Crippen MR) is 120 cm³/mol. The Balaban J connectivity index is 2.03. The molecule has 2 aromatic heterocycles. The summed E-state index contributed by atoms with van der Waals surface area (Å²) in [5.74, 6) is 0.634. The van der Waals surface area contributed by atoms with Crippen molar-refractivity contribution in [2.75, 3.05) is 5.73 Å². The van der Waals surface area contributed by atoms with Gasteiger partial charge in [-0.3, -0.25) is 0 Å². The fourth-order valence-electron chi connectivity index (χ4n) is 3.57. The molecular formula is C23H26N4O2S. The van der Waals surface area contributed by atoms with Crippen LogP contribution in [0.5, 0.6) is 0 Å². The number of anilines is 1. The van der Waals surface area contributed by atoms with E-state index in [9.17, 15) is 8.42 Å². The topological polar surface area (TPSA) is 90.9 Å². The first kappa shape index (κ1) is 20.3. The number of benzene rings is 2. The van der Waals surface area contributed by atoms with Crippen LogP contribution in [0.1, 0.15) is 31.4 Å². The third kappa shape index (κ3) is 3.33. The molecular weight excluding hydrogens is 396 g/mol. The van der Waals surface area contributed by atoms with Crippen molar-refractivity contribution in [3.05, 3.63) is 53.6 Å². The van der Waals surface area contributed by atoms with Crippen LogP contribution in [0.25, 0.3) is 22.2 Å². The summed E-state index contributed by atoms with van der Waals surface area (Å²) < 4.78 is 29.1. The van der Waals surface area contributed by atoms with Crippen LogP contribution in [0.2, 0.25) is 0 Å². The minimum Gasteiger partial charge on any atom is -0.384 e. The van der Waals surface area contributed by atoms with Gasteiger partial charge in [-0.2, -0.15) is 0 Å². The lowest BCUT2D eigenvalue weighted by Gasteiger charge is -2.10. The zero-order chi connectivity index (χ0) is 21.6. The summed E-state index contributed by atoms with van der Waals surface area (Å²) in [6.45, 7) is 8.67. The molecule has 0 aliphatic heterocycles. The van der Waals surface area contributed by atoms with E-state index in [1.54, 1.807) is 16.7 Å². The molecule has 0 atom stereocenters. The van der Waals surface area contributed by atoms with Crippen molar-refractivity contribution in [3.8, 4) is 0 Å². The first-order valence-corrected chi connectivity index (χ1v) is 11.5. The Bertz CT molecular complexity index is 1370. The van der Waals surface area contributed by atoms with Gasteiger partial charge in [0.15, 0.2) is 5.65 Å². The van der Waals surface area contributed by atoms with Gasteiger partial charge in [-0.05, 0) is 61.6 Å². The van der Waals surface area contributed by atoms with Crippen molar-refractivity contribution in [3.63, 3.8) is 0 Å². The minimum atomic E-state index is -3.87. The van der Waals surface area contributed by atoms with Gasteiger partial charge in [0.05, 0.1) is 15.9 Å². The average Bonchev–Trinajstić information content (AvgIpc) is 2.97. The molecule has 2 aromatic carbocycles. The van der Waals surface area contributed by atoms with Gasteiger partial charge in [-0.1, -0.05) is 32.0 Å². The SMILES string of the molecule is Cc1ccc(S(=O)(=O)c2c(N)n(CCC(C)C)c3nc4ccccc4nc23)cc1C. The van der Waals surface area contributed by atoms with E-state index in [-0.39, 0.29) is 15.6 Å². The van der Waals surface area contributed by atoms with Crippen molar-refractivity contribution < 1.29 is 8.42 Å². The molecule has 30 heavy (non-hydrogen) atoms. The van der Waals surface area contributed by atoms with Gasteiger partial charge in [-0.15, -0.1) is 0 Å². The van der Waals surface area contributed by atoms with Crippen molar-refractivity contribution >= 4 is 37.9 Å². The molecule has 0 amide bonds. The van der Waals surface area contributed by atoms with Gasteiger partial charge in [0, 0.05) is 6.54 Å². The Kier molecular flexibility index (Phi) is 5.02. The molecule has 7 heteroatoms. The fraction of sp³-hybridized carbons (Fsp3) is 0.304. The summed E-state index contributed by atoms with van der Waals surface area (Å²) in [5.41, 5.74) is 10.6. The Hall–Kier alpha value is -2.93. The van der Waals surface area contributed by atoms with E-state index in [1.807, 2.05) is 44.2 Å². The van der Waals surface area contributed by atoms with E-state index in [4.69, 9.17) is 10.7 Å². The molecule has 2 heterocycles. The van der Waals surface area contributed by atoms with E-state index >= 15 is 0 Å². The fourth-order valence-corrected chi connectivity index (χ4v) is 5.16. The van der Waals surface area contributed by atoms with Gasteiger partial charge < -0.3 is 10.3 Å². The molecule has 0 radical (unpaired) electrons. The highest BCUT2D eigenvalue weighted by Crippen LogP contribution is 2.36. The molecule has 0 fully saturated rings. The summed E-state index contributed by atoms with van der Waals surface area (Å²) in [7, 11) is -3.87. The van der Waals surface area contributed by atoms with Crippen LogP contribution in [0.15, 0.2) is 52.3 Å². The van der Waals surface area contributed by atoms with E-state index in [0.29, 0.717) is 34.7 Å². The molecule has 2 N–H and O–H groups in total. The first-order chi connectivity index (χ1) is 14.2. The molecule has 0 spiro atoms. The van der Waals surface area contributed by atoms with Crippen molar-refractivity contribution in [2.45, 2.75) is 50.5 Å². The Morgan fingerprint density at radius 2 is 1.67 bits per heavy atom. The number of hydrogen-bond donors (Lipinski definition) is 1. The van der Waals surface area contributed by atoms with Crippen LogP contribution in [0.4, 0.5) is 5.82 Å². The number of fused-ring (bicyclic) bond motifs is 2. The maximum atomic E-state index is 13.7. The number of nitrogen functional groups attached to an aromatic ring is 1. The second kappa shape index (κ2) is 7.40. The van der Waals surface area contributed by atoms with Crippen LogP contribution in [0.3, 0.4) is 0 Å². The molecule has 4 aromatic rings. The summed E-state index contributed by atoms with van der Waals surface area (Å²) in [6, 6.07) is 12.6. The largest absolute Gasteiger partial charge is 0.384 e. The normalized spacial score (nSPS) is 12.3. The smallest absolute Gasteiger partial charge is 0.212 e. The highest BCUT2D eigenvalue weighted by molar-refractivity contribution is 7.92. The number of rotatable bonds is 5. The van der Waals surface area contributed by atoms with Gasteiger partial charge in [0.25, 0.3) is 0 Å². The Labute approximate surface area is 176 Å². The van der Waals surface area contributed by atoms with Crippen molar-refractivity contribution in [1.29, 1.82) is 0 Å². The number of aromatic nitrogens is 3. The summed E-state index contributed by atoms with van der Waals surface area (Å²) in [5, 5.41) is 0. The van der Waals surface area contributed by atoms with Gasteiger partial charge in [-0.25, -0.2) is 18.4 Å². The Morgan fingerprint density at radius 3 is 2.30 bits per heavy atom. The third-order valence-corrected chi connectivity index (χ3v) is 7.35. The number of nitrogens with zero attached hydrogens (tertiary/aromatic N) is 3. The van der Waals surface area contributed by atoms with Gasteiger partial charge in [0.1, 0.15) is 16.2 Å². The molecule has 0 saturated heterocycles. The van der Waals surface area contributed by atoms with Gasteiger partial charge >= 0.3 is 0 Å². The lowest BCUT2D eigenvalue weighted by atomic mass is 10.1. The van der Waals surface area contributed by atoms with Crippen LogP contribution < -0.4 is 5.73 Å². The van der Waals surface area contributed by atoms with E-state index in [0.717, 1.165) is 17.5 Å². The number of nitrogens with two attached hydrogens (primary N) is 1. The lowest BCUT2D eigenvalue weighted by molar-refractivity contribution is 0.525. The number of aryl methyl sites for hydroxylation is 3. The number of hydrogen-bond acceptors (Lipinski definition) is 5. The van der Waals surface area contributed by atoms with Crippen LogP contribution in [0, 0.1) is 19.8 Å². The molecule has 0 bridgehead atoms. The maximum absolute atomic E-state index is 13.7. The zero-order valence-corrected chi connectivity index (χ0v) is 18.5. The monoisotopic (exact) mass is 422 g/mol. The molecule has 0 saturated carbocycles. The average molecular weight is 423 g/mol. The standard InChI is InChI=1S/C23H26N4O2S/c1-14(2)11-12-27-22(24)21(30(28,29)17-10-9-15(3)16(4)13-17)20-23(27)26-19-8-6-5-7-18(19)25-20/h5-10,13-14H,11-12,24H2,1-4H3. The molecule has 156 valence electrons. The summed E-state index contributed by atoms with van der Waals surface area (Å²) in [6.07, 6.45) is 0.853. The first-order valence-electron chi connectivity index (χ1n) is 10.1. The quantitative estimate of drug-likeness (QED) is 0.505. The molecule has 0 aliphatic rings. The summed E-state index contributed by atoms with van der Waals surface area (Å²) in [4.78, 5) is 9.67. The number of para-hydroxylation sites is 2. The molecule has 0 aliphatic carbocycles.